The molecule has 2 fully saturated rings. The Kier molecular flexibility index (Phi) is 11.6. The van der Waals surface area contributed by atoms with Crippen LogP contribution in [0.3, 0.4) is 0 Å². The van der Waals surface area contributed by atoms with Crippen molar-refractivity contribution in [3.8, 4) is 5.88 Å². The molecule has 2 aliphatic rings. The molecule has 0 amide bonds. The van der Waals surface area contributed by atoms with Gasteiger partial charge in [0.25, 0.3) is 0 Å². The van der Waals surface area contributed by atoms with Crippen LogP contribution in [0.15, 0.2) is 30.3 Å². The smallest absolute Gasteiger partial charge is 0.212 e. The van der Waals surface area contributed by atoms with Crippen molar-refractivity contribution in [1.82, 2.24) is 19.6 Å². The van der Waals surface area contributed by atoms with E-state index in [2.05, 4.69) is 71.0 Å². The highest BCUT2D eigenvalue weighted by Gasteiger charge is 2.19. The van der Waals surface area contributed by atoms with Crippen LogP contribution >= 0.6 is 0 Å². The van der Waals surface area contributed by atoms with Crippen molar-refractivity contribution in [1.29, 1.82) is 0 Å². The summed E-state index contributed by atoms with van der Waals surface area (Å²) in [7, 11) is 3.93. The molecule has 0 radical (unpaired) electrons. The van der Waals surface area contributed by atoms with Gasteiger partial charge in [-0.3, -0.25) is 9.69 Å². The quantitative estimate of drug-likeness (QED) is 0.408. The fraction of sp³-hybridized carbons (Fsp3) is 0.586. The summed E-state index contributed by atoms with van der Waals surface area (Å²) < 4.78 is 7.35. The van der Waals surface area contributed by atoms with Crippen LogP contribution in [-0.2, 0) is 7.05 Å². The van der Waals surface area contributed by atoms with Crippen LogP contribution in [0.1, 0.15) is 54.2 Å². The second-order valence-electron chi connectivity index (χ2n) is 10.2. The van der Waals surface area contributed by atoms with E-state index in [1.165, 1.54) is 42.7 Å². The van der Waals surface area contributed by atoms with Gasteiger partial charge >= 0.3 is 0 Å². The zero-order valence-corrected chi connectivity index (χ0v) is 23.2. The summed E-state index contributed by atoms with van der Waals surface area (Å²) in [5.41, 5.74) is 10.1. The number of anilines is 1. The summed E-state index contributed by atoms with van der Waals surface area (Å²) in [6.45, 7) is 12.7. The lowest BCUT2D eigenvalue weighted by atomic mass is 10.0. The molecular formula is C29H46N6O2. The SMILES string of the molecule is C/C=C\c1c(C)cccc1N1CCN(CCCCOc2cc(C=O)nn2C)CC1.CN1CCC(N)CC1. The standard InChI is InChI=1S/C23H32N4O2.C6H14N2/c1-4-8-21-19(2)9-7-10-22(21)27-14-12-26(13-15-27)11-5-6-16-29-23-17-20(18-28)24-25(23)3;1-8-4-2-6(7)3-5-8/h4,7-10,17-18H,5-6,11-16H2,1-3H3;6H,2-5,7H2,1H3/b8-4-;. The van der Waals surface area contributed by atoms with E-state index >= 15 is 0 Å². The Labute approximate surface area is 223 Å². The number of piperazine rings is 1. The van der Waals surface area contributed by atoms with Crippen molar-refractivity contribution in [3.05, 3.63) is 47.2 Å². The van der Waals surface area contributed by atoms with Gasteiger partial charge in [0.1, 0.15) is 5.69 Å². The molecule has 2 aliphatic heterocycles. The van der Waals surface area contributed by atoms with Gasteiger partial charge in [0.05, 0.1) is 6.61 Å². The number of aromatic nitrogens is 2. The molecule has 2 aromatic rings. The topological polar surface area (TPSA) is 79.9 Å². The first-order valence-corrected chi connectivity index (χ1v) is 13.7. The molecule has 0 saturated carbocycles. The van der Waals surface area contributed by atoms with Crippen LogP contribution in [0, 0.1) is 6.92 Å². The number of unbranched alkanes of at least 4 members (excludes halogenated alkanes) is 1. The zero-order chi connectivity index (χ0) is 26.6. The second kappa shape index (κ2) is 14.9. The molecule has 204 valence electrons. The summed E-state index contributed by atoms with van der Waals surface area (Å²) in [6, 6.07) is 8.74. The molecule has 0 spiro atoms. The third-order valence-electron chi connectivity index (χ3n) is 7.21. The van der Waals surface area contributed by atoms with Crippen molar-refractivity contribution < 1.29 is 9.53 Å². The van der Waals surface area contributed by atoms with Gasteiger partial charge in [0.15, 0.2) is 6.29 Å². The van der Waals surface area contributed by atoms with Gasteiger partial charge in [-0.2, -0.15) is 5.10 Å². The Balaban J connectivity index is 0.000000405. The van der Waals surface area contributed by atoms with Crippen LogP contribution in [0.4, 0.5) is 5.69 Å². The molecule has 0 atom stereocenters. The molecule has 3 heterocycles. The van der Waals surface area contributed by atoms with Gasteiger partial charge in [-0.1, -0.05) is 24.3 Å². The number of carbonyl (C=O) groups is 1. The van der Waals surface area contributed by atoms with Gasteiger partial charge in [-0.15, -0.1) is 0 Å². The fourth-order valence-electron chi connectivity index (χ4n) is 4.84. The molecule has 4 rings (SSSR count). The minimum atomic E-state index is 0.409. The maximum Gasteiger partial charge on any atom is 0.212 e. The minimum Gasteiger partial charge on any atom is -0.478 e. The monoisotopic (exact) mass is 510 g/mol. The molecule has 37 heavy (non-hydrogen) atoms. The van der Waals surface area contributed by atoms with E-state index < -0.39 is 0 Å². The molecule has 0 aliphatic carbocycles. The van der Waals surface area contributed by atoms with Crippen LogP contribution in [0.2, 0.25) is 0 Å². The van der Waals surface area contributed by atoms with Crippen molar-refractivity contribution >= 4 is 18.0 Å². The molecule has 2 saturated heterocycles. The van der Waals surface area contributed by atoms with Gasteiger partial charge in [-0.25, -0.2) is 4.68 Å². The largest absolute Gasteiger partial charge is 0.478 e. The molecule has 8 nitrogen and oxygen atoms in total. The maximum atomic E-state index is 10.8. The van der Waals surface area contributed by atoms with Crippen molar-refractivity contribution in [2.75, 3.05) is 64.4 Å². The minimum absolute atomic E-state index is 0.409. The van der Waals surface area contributed by atoms with Crippen LogP contribution < -0.4 is 15.4 Å². The number of piperidine rings is 1. The lowest BCUT2D eigenvalue weighted by Crippen LogP contribution is -2.46. The summed E-state index contributed by atoms with van der Waals surface area (Å²) in [4.78, 5) is 18.1. The Hall–Kier alpha value is -2.68. The predicted octanol–water partition coefficient (Wildman–Crippen LogP) is 3.59. The Morgan fingerprint density at radius 1 is 1.08 bits per heavy atom. The zero-order valence-electron chi connectivity index (χ0n) is 23.2. The number of benzene rings is 1. The fourth-order valence-corrected chi connectivity index (χ4v) is 4.84. The Bertz CT molecular complexity index is 978. The highest BCUT2D eigenvalue weighted by molar-refractivity contribution is 5.72. The number of nitrogens with zero attached hydrogens (tertiary/aromatic N) is 5. The van der Waals surface area contributed by atoms with Gasteiger partial charge < -0.3 is 20.3 Å². The molecular weight excluding hydrogens is 464 g/mol. The third-order valence-corrected chi connectivity index (χ3v) is 7.21. The number of carbonyl (C=O) groups excluding carboxylic acids is 1. The van der Waals surface area contributed by atoms with Gasteiger partial charge in [-0.05, 0) is 77.8 Å². The number of hydrogen-bond donors (Lipinski definition) is 1. The number of likely N-dealkylation sites (tertiary alicyclic amines) is 1. The number of aldehydes is 1. The number of hydrogen-bond acceptors (Lipinski definition) is 7. The third kappa shape index (κ3) is 8.98. The first-order chi connectivity index (χ1) is 17.9. The summed E-state index contributed by atoms with van der Waals surface area (Å²) in [5, 5.41) is 4.06. The lowest BCUT2D eigenvalue weighted by Gasteiger charge is -2.37. The summed E-state index contributed by atoms with van der Waals surface area (Å²) in [5.74, 6) is 0.649. The van der Waals surface area contributed by atoms with E-state index in [1.54, 1.807) is 17.8 Å². The molecule has 1 aromatic carbocycles. The van der Waals surface area contributed by atoms with Crippen molar-refractivity contribution in [2.45, 2.75) is 45.6 Å². The van der Waals surface area contributed by atoms with E-state index in [4.69, 9.17) is 10.5 Å². The molecule has 0 bridgehead atoms. The molecule has 0 unspecified atom stereocenters. The van der Waals surface area contributed by atoms with Crippen LogP contribution in [0.25, 0.3) is 6.08 Å². The normalized spacial score (nSPS) is 17.6. The van der Waals surface area contributed by atoms with E-state index in [0.29, 0.717) is 24.2 Å². The average Bonchev–Trinajstić information content (AvgIpc) is 3.27. The lowest BCUT2D eigenvalue weighted by molar-refractivity contribution is 0.111. The van der Waals surface area contributed by atoms with E-state index in [-0.39, 0.29) is 0 Å². The molecule has 8 heteroatoms. The second-order valence-corrected chi connectivity index (χ2v) is 10.2. The van der Waals surface area contributed by atoms with Crippen LogP contribution in [-0.4, -0.2) is 91.4 Å². The van der Waals surface area contributed by atoms with Gasteiger partial charge in [0.2, 0.25) is 5.88 Å². The van der Waals surface area contributed by atoms with E-state index in [9.17, 15) is 4.79 Å². The Morgan fingerprint density at radius 3 is 2.43 bits per heavy atom. The first-order valence-electron chi connectivity index (χ1n) is 13.7. The van der Waals surface area contributed by atoms with E-state index in [1.807, 2.05) is 0 Å². The van der Waals surface area contributed by atoms with Crippen molar-refractivity contribution in [2.24, 2.45) is 12.8 Å². The number of nitrogens with two attached hydrogens (primary N) is 1. The predicted molar refractivity (Wildman–Crippen MR) is 153 cm³/mol. The maximum absolute atomic E-state index is 10.8. The number of ether oxygens (including phenoxy) is 1. The molecule has 2 N–H and O–H groups in total. The number of rotatable bonds is 9. The summed E-state index contributed by atoms with van der Waals surface area (Å²) in [6.07, 6.45) is 9.53. The average molecular weight is 511 g/mol. The highest BCUT2D eigenvalue weighted by atomic mass is 16.5. The highest BCUT2D eigenvalue weighted by Crippen LogP contribution is 2.26. The first kappa shape index (κ1) is 28.9. The van der Waals surface area contributed by atoms with Gasteiger partial charge in [0, 0.05) is 56.6 Å². The number of aryl methyl sites for hydroxylation is 2. The Morgan fingerprint density at radius 2 is 1.81 bits per heavy atom. The van der Waals surface area contributed by atoms with Crippen molar-refractivity contribution in [3.63, 3.8) is 0 Å². The summed E-state index contributed by atoms with van der Waals surface area (Å²) >= 11 is 0. The van der Waals surface area contributed by atoms with Crippen LogP contribution in [0.5, 0.6) is 5.88 Å². The number of allylic oxidation sites excluding steroid dienone is 1. The van der Waals surface area contributed by atoms with E-state index in [0.717, 1.165) is 51.9 Å². The molecule has 1 aromatic heterocycles.